The second kappa shape index (κ2) is 10.2. The maximum absolute atomic E-state index is 12.8. The predicted molar refractivity (Wildman–Crippen MR) is 124 cm³/mol. The molecule has 0 unspecified atom stereocenters. The third-order valence-electron chi connectivity index (χ3n) is 5.95. The third-order valence-corrected chi connectivity index (χ3v) is 6.28. The third kappa shape index (κ3) is 5.28. The van der Waals surface area contributed by atoms with Crippen molar-refractivity contribution in [2.24, 2.45) is 4.99 Å². The summed E-state index contributed by atoms with van der Waals surface area (Å²) in [5, 5.41) is 18.2. The normalized spacial score (nSPS) is 21.1. The molecule has 7 nitrogen and oxygen atoms in total. The Morgan fingerprint density at radius 3 is 2.58 bits per heavy atom. The molecule has 3 rings (SSSR count). The molecule has 0 aliphatic heterocycles. The summed E-state index contributed by atoms with van der Waals surface area (Å²) in [6, 6.07) is 15.5. The number of amides is 1. The maximum Gasteiger partial charge on any atom is 0.253 e. The molecule has 1 aliphatic carbocycles. The standard InChI is InChI=1S/C23H27ClN6O/c1-27-22(29-15-25)30-17-10-12-23(13-11-17,16-6-3-2-4-7-16)14-28-21(31)18-8-5-9-19(24)20(18)26/h2-9,17H,10-14,26H2,1H3,(H,28,31)(H2,27,29,30). The van der Waals surface area contributed by atoms with Crippen molar-refractivity contribution in [1.82, 2.24) is 16.0 Å². The topological polar surface area (TPSA) is 115 Å². The van der Waals surface area contributed by atoms with Crippen molar-refractivity contribution in [3.05, 3.63) is 64.7 Å². The van der Waals surface area contributed by atoms with Crippen LogP contribution in [0.1, 0.15) is 41.6 Å². The van der Waals surface area contributed by atoms with Crippen LogP contribution < -0.4 is 21.7 Å². The van der Waals surface area contributed by atoms with Gasteiger partial charge in [-0.25, -0.2) is 0 Å². The van der Waals surface area contributed by atoms with Crippen LogP contribution in [0.4, 0.5) is 5.69 Å². The van der Waals surface area contributed by atoms with Gasteiger partial charge in [-0.3, -0.25) is 15.1 Å². The summed E-state index contributed by atoms with van der Waals surface area (Å²) >= 11 is 6.08. The molecule has 0 aromatic heterocycles. The lowest BCUT2D eigenvalue weighted by molar-refractivity contribution is 0.0936. The molecule has 5 N–H and O–H groups in total. The first kappa shape index (κ1) is 22.4. The highest BCUT2D eigenvalue weighted by molar-refractivity contribution is 6.33. The van der Waals surface area contributed by atoms with Crippen LogP contribution in [-0.4, -0.2) is 31.5 Å². The van der Waals surface area contributed by atoms with Gasteiger partial charge in [0.25, 0.3) is 5.91 Å². The zero-order valence-electron chi connectivity index (χ0n) is 17.5. The van der Waals surface area contributed by atoms with E-state index in [0.29, 0.717) is 28.8 Å². The number of halogens is 1. The Kier molecular flexibility index (Phi) is 7.37. The highest BCUT2D eigenvalue weighted by Crippen LogP contribution is 2.39. The molecule has 2 aromatic rings. The van der Waals surface area contributed by atoms with E-state index in [1.165, 1.54) is 5.56 Å². The molecule has 0 heterocycles. The van der Waals surface area contributed by atoms with Gasteiger partial charge < -0.3 is 16.4 Å². The number of guanidine groups is 1. The molecule has 2 aromatic carbocycles. The number of carbonyl (C=O) groups excluding carboxylic acids is 1. The van der Waals surface area contributed by atoms with E-state index in [0.717, 1.165) is 25.7 Å². The number of benzene rings is 2. The van der Waals surface area contributed by atoms with Gasteiger partial charge in [-0.15, -0.1) is 0 Å². The first-order valence-corrected chi connectivity index (χ1v) is 10.6. The minimum absolute atomic E-state index is 0.186. The largest absolute Gasteiger partial charge is 0.397 e. The lowest BCUT2D eigenvalue weighted by Crippen LogP contribution is -2.49. The van der Waals surface area contributed by atoms with Crippen molar-refractivity contribution in [2.75, 3.05) is 19.3 Å². The second-order valence-electron chi connectivity index (χ2n) is 7.76. The van der Waals surface area contributed by atoms with Crippen LogP contribution in [0, 0.1) is 11.5 Å². The van der Waals surface area contributed by atoms with E-state index in [2.05, 4.69) is 33.1 Å². The first-order chi connectivity index (χ1) is 15.0. The zero-order chi connectivity index (χ0) is 22.3. The first-order valence-electron chi connectivity index (χ1n) is 10.3. The van der Waals surface area contributed by atoms with Crippen molar-refractivity contribution < 1.29 is 4.79 Å². The van der Waals surface area contributed by atoms with Crippen molar-refractivity contribution in [3.8, 4) is 6.19 Å². The molecule has 1 aliphatic rings. The van der Waals surface area contributed by atoms with E-state index in [1.54, 1.807) is 25.2 Å². The van der Waals surface area contributed by atoms with Gasteiger partial charge in [0.2, 0.25) is 5.96 Å². The Morgan fingerprint density at radius 1 is 1.23 bits per heavy atom. The van der Waals surface area contributed by atoms with E-state index in [1.807, 2.05) is 24.4 Å². The number of nitrogens with one attached hydrogen (secondary N) is 3. The van der Waals surface area contributed by atoms with Crippen molar-refractivity contribution in [2.45, 2.75) is 37.1 Å². The number of nitriles is 1. The Hall–Kier alpha value is -3.24. The fourth-order valence-electron chi connectivity index (χ4n) is 4.16. The Bertz CT molecular complexity index is 977. The van der Waals surface area contributed by atoms with Gasteiger partial charge in [0, 0.05) is 25.0 Å². The Balaban J connectivity index is 1.74. The number of hydrogen-bond acceptors (Lipinski definition) is 4. The number of hydrogen-bond donors (Lipinski definition) is 4. The number of aliphatic imine (C=N–C) groups is 1. The van der Waals surface area contributed by atoms with E-state index < -0.39 is 0 Å². The fourth-order valence-corrected chi connectivity index (χ4v) is 4.33. The average molecular weight is 439 g/mol. The van der Waals surface area contributed by atoms with Crippen LogP contribution >= 0.6 is 11.6 Å². The quantitative estimate of drug-likeness (QED) is 0.188. The van der Waals surface area contributed by atoms with Gasteiger partial charge in [0.1, 0.15) is 0 Å². The van der Waals surface area contributed by atoms with Crippen molar-refractivity contribution in [3.63, 3.8) is 0 Å². The lowest BCUT2D eigenvalue weighted by Gasteiger charge is -2.41. The number of para-hydroxylation sites is 1. The van der Waals surface area contributed by atoms with Crippen molar-refractivity contribution >= 4 is 29.2 Å². The molecule has 0 spiro atoms. The zero-order valence-corrected chi connectivity index (χ0v) is 18.2. The number of carbonyl (C=O) groups is 1. The average Bonchev–Trinajstić information content (AvgIpc) is 2.80. The van der Waals surface area contributed by atoms with Gasteiger partial charge >= 0.3 is 0 Å². The molecule has 0 bridgehead atoms. The number of nitrogen functional groups attached to an aromatic ring is 1. The molecule has 1 saturated carbocycles. The molecule has 1 amide bonds. The van der Waals surface area contributed by atoms with Gasteiger partial charge in [0.15, 0.2) is 6.19 Å². The highest BCUT2D eigenvalue weighted by atomic mass is 35.5. The molecule has 0 saturated heterocycles. The van der Waals surface area contributed by atoms with Crippen LogP contribution in [0.2, 0.25) is 5.02 Å². The van der Waals surface area contributed by atoms with Gasteiger partial charge in [-0.1, -0.05) is 48.0 Å². The Morgan fingerprint density at radius 2 is 1.94 bits per heavy atom. The predicted octanol–water partition coefficient (Wildman–Crippen LogP) is 3.18. The van der Waals surface area contributed by atoms with E-state index in [-0.39, 0.29) is 17.4 Å². The van der Waals surface area contributed by atoms with Crippen LogP contribution in [0.15, 0.2) is 53.5 Å². The number of anilines is 1. The molecular formula is C23H27ClN6O. The smallest absolute Gasteiger partial charge is 0.253 e. The van der Waals surface area contributed by atoms with Crippen molar-refractivity contribution in [1.29, 1.82) is 5.26 Å². The SMILES string of the molecule is CN=C(NC#N)NC1CCC(CNC(=O)c2cccc(Cl)c2N)(c2ccccc2)CC1. The lowest BCUT2D eigenvalue weighted by atomic mass is 9.68. The number of rotatable bonds is 5. The summed E-state index contributed by atoms with van der Waals surface area (Å²) in [5.41, 5.74) is 7.69. The van der Waals surface area contributed by atoms with E-state index >= 15 is 0 Å². The summed E-state index contributed by atoms with van der Waals surface area (Å²) in [6.45, 7) is 0.500. The van der Waals surface area contributed by atoms with Crippen LogP contribution in [-0.2, 0) is 5.41 Å². The maximum atomic E-state index is 12.8. The summed E-state index contributed by atoms with van der Waals surface area (Å²) in [5.74, 6) is 0.249. The van der Waals surface area contributed by atoms with Gasteiger partial charge in [0.05, 0.1) is 16.3 Å². The Labute approximate surface area is 187 Å². The minimum atomic E-state index is -0.228. The summed E-state index contributed by atoms with van der Waals surface area (Å²) in [7, 11) is 1.64. The summed E-state index contributed by atoms with van der Waals surface area (Å²) < 4.78 is 0. The van der Waals surface area contributed by atoms with Crippen LogP contribution in [0.3, 0.4) is 0 Å². The monoisotopic (exact) mass is 438 g/mol. The van der Waals surface area contributed by atoms with Crippen LogP contribution in [0.5, 0.6) is 0 Å². The number of nitrogens with zero attached hydrogens (tertiary/aromatic N) is 2. The molecule has 1 fully saturated rings. The molecule has 8 heteroatoms. The van der Waals surface area contributed by atoms with E-state index in [9.17, 15) is 4.79 Å². The summed E-state index contributed by atoms with van der Waals surface area (Å²) in [4.78, 5) is 16.9. The van der Waals surface area contributed by atoms with Gasteiger partial charge in [-0.2, -0.15) is 5.26 Å². The van der Waals surface area contributed by atoms with Crippen LogP contribution in [0.25, 0.3) is 0 Å². The fraction of sp³-hybridized carbons (Fsp3) is 0.348. The highest BCUT2D eigenvalue weighted by Gasteiger charge is 2.37. The molecular weight excluding hydrogens is 412 g/mol. The minimum Gasteiger partial charge on any atom is -0.397 e. The van der Waals surface area contributed by atoms with E-state index in [4.69, 9.17) is 22.6 Å². The molecule has 31 heavy (non-hydrogen) atoms. The summed E-state index contributed by atoms with van der Waals surface area (Å²) in [6.07, 6.45) is 5.42. The molecule has 0 radical (unpaired) electrons. The molecule has 0 atom stereocenters. The van der Waals surface area contributed by atoms with Gasteiger partial charge in [-0.05, 0) is 43.4 Å². The molecule has 162 valence electrons. The second-order valence-corrected chi connectivity index (χ2v) is 8.16. The number of nitrogens with two attached hydrogens (primary N) is 1.